The molecular weight excluding hydrogens is 490 g/mol. The molecule has 1 saturated heterocycles. The number of aryl methyl sites for hydroxylation is 2. The Morgan fingerprint density at radius 1 is 0.700 bits per heavy atom. The smallest absolute Gasteiger partial charge is 0.223 e. The van der Waals surface area contributed by atoms with E-state index in [2.05, 4.69) is 144 Å². The second-order valence-electron chi connectivity index (χ2n) is 11.0. The van der Waals surface area contributed by atoms with Crippen molar-refractivity contribution in [3.8, 4) is 0 Å². The van der Waals surface area contributed by atoms with Crippen LogP contribution in [0.15, 0.2) is 115 Å². The molecule has 40 heavy (non-hydrogen) atoms. The average Bonchev–Trinajstić information content (AvgIpc) is 3.34. The van der Waals surface area contributed by atoms with Crippen molar-refractivity contribution in [2.24, 2.45) is 7.05 Å². The molecule has 0 bridgehead atoms. The molecule has 0 N–H and O–H groups in total. The molecule has 4 nitrogen and oxygen atoms in total. The first-order chi connectivity index (χ1) is 19.6. The van der Waals surface area contributed by atoms with Gasteiger partial charge in [0.1, 0.15) is 0 Å². The van der Waals surface area contributed by atoms with E-state index in [0.717, 1.165) is 26.2 Å². The van der Waals surface area contributed by atoms with Gasteiger partial charge in [-0.2, -0.15) is 0 Å². The lowest BCUT2D eigenvalue weighted by atomic mass is 9.87. The molecular formula is C36H37N3O. The largest absolute Gasteiger partial charge is 0.350 e. The van der Waals surface area contributed by atoms with Gasteiger partial charge < -0.3 is 9.47 Å². The zero-order valence-corrected chi connectivity index (χ0v) is 23.4. The molecule has 1 aliphatic heterocycles. The summed E-state index contributed by atoms with van der Waals surface area (Å²) in [5, 5.41) is 1.22. The fraction of sp³-hybridized carbons (Fsp3) is 0.250. The van der Waals surface area contributed by atoms with E-state index in [1.165, 1.54) is 38.7 Å². The van der Waals surface area contributed by atoms with Crippen molar-refractivity contribution in [2.75, 3.05) is 26.2 Å². The molecule has 1 atom stereocenters. The minimum Gasteiger partial charge on any atom is -0.350 e. The van der Waals surface area contributed by atoms with Gasteiger partial charge in [0.2, 0.25) is 5.91 Å². The van der Waals surface area contributed by atoms with Gasteiger partial charge in [-0.05, 0) is 35.2 Å². The summed E-state index contributed by atoms with van der Waals surface area (Å²) in [6.07, 6.45) is 2.68. The van der Waals surface area contributed by atoms with Gasteiger partial charge in [-0.1, -0.05) is 109 Å². The van der Waals surface area contributed by atoms with Crippen molar-refractivity contribution in [1.82, 2.24) is 14.4 Å². The van der Waals surface area contributed by atoms with Gasteiger partial charge in [0.05, 0.1) is 6.04 Å². The zero-order chi connectivity index (χ0) is 27.5. The van der Waals surface area contributed by atoms with Crippen molar-refractivity contribution in [1.29, 1.82) is 0 Å². The minimum atomic E-state index is 0.0126. The fourth-order valence-electron chi connectivity index (χ4n) is 6.27. The van der Waals surface area contributed by atoms with E-state index in [1.807, 2.05) is 0 Å². The van der Waals surface area contributed by atoms with Gasteiger partial charge in [-0.15, -0.1) is 0 Å². The maximum Gasteiger partial charge on any atom is 0.223 e. The van der Waals surface area contributed by atoms with Crippen LogP contribution in [0.4, 0.5) is 0 Å². The number of aromatic nitrogens is 1. The number of piperazine rings is 1. The van der Waals surface area contributed by atoms with Crippen LogP contribution in [-0.4, -0.2) is 46.5 Å². The van der Waals surface area contributed by atoms with Gasteiger partial charge in [0, 0.05) is 62.7 Å². The SMILES string of the molecule is Cc1ccc(C(CC(=O)N2CCN(C(c3ccccc3)c3ccccc3)CC2)c2cn(C)c3ccccc23)cc1. The number of benzene rings is 4. The number of hydrogen-bond acceptors (Lipinski definition) is 2. The van der Waals surface area contributed by atoms with Crippen LogP contribution in [0.5, 0.6) is 0 Å². The standard InChI is InChI=1S/C36H37N3O/c1-27-17-19-28(20-18-27)32(33-26-37(2)34-16-10-9-15-31(33)34)25-35(40)38-21-23-39(24-22-38)36(29-11-5-3-6-12-29)30-13-7-4-8-14-30/h3-20,26,32,36H,21-25H2,1-2H3. The highest BCUT2D eigenvalue weighted by atomic mass is 16.2. The summed E-state index contributed by atoms with van der Waals surface area (Å²) in [5.74, 6) is 0.243. The second-order valence-corrected chi connectivity index (χ2v) is 11.0. The third kappa shape index (κ3) is 5.32. The van der Waals surface area contributed by atoms with Crippen LogP contribution in [0.2, 0.25) is 0 Å². The van der Waals surface area contributed by atoms with E-state index in [1.54, 1.807) is 0 Å². The summed E-state index contributed by atoms with van der Waals surface area (Å²) in [4.78, 5) is 18.5. The van der Waals surface area contributed by atoms with E-state index in [9.17, 15) is 4.79 Å². The normalized spacial score (nSPS) is 15.0. The van der Waals surface area contributed by atoms with Crippen LogP contribution in [0.1, 0.15) is 46.2 Å². The monoisotopic (exact) mass is 527 g/mol. The van der Waals surface area contributed by atoms with E-state index >= 15 is 0 Å². The molecule has 5 aromatic rings. The van der Waals surface area contributed by atoms with Crippen LogP contribution in [0, 0.1) is 6.92 Å². The summed E-state index contributed by atoms with van der Waals surface area (Å²) >= 11 is 0. The number of rotatable bonds is 7. The molecule has 1 fully saturated rings. The van der Waals surface area contributed by atoms with Gasteiger partial charge in [0.25, 0.3) is 0 Å². The van der Waals surface area contributed by atoms with Gasteiger partial charge in [-0.3, -0.25) is 9.69 Å². The minimum absolute atomic E-state index is 0.0126. The first-order valence-electron chi connectivity index (χ1n) is 14.3. The summed E-state index contributed by atoms with van der Waals surface area (Å²) < 4.78 is 2.18. The highest BCUT2D eigenvalue weighted by molar-refractivity contribution is 5.86. The molecule has 0 saturated carbocycles. The van der Waals surface area contributed by atoms with Crippen LogP contribution in [0.3, 0.4) is 0 Å². The Morgan fingerprint density at radius 3 is 1.90 bits per heavy atom. The number of nitrogens with zero attached hydrogens (tertiary/aromatic N) is 3. The summed E-state index contributed by atoms with van der Waals surface area (Å²) in [6, 6.07) is 38.9. The predicted octanol–water partition coefficient (Wildman–Crippen LogP) is 6.94. The molecule has 1 aromatic heterocycles. The number of fused-ring (bicyclic) bond motifs is 1. The van der Waals surface area contributed by atoms with Crippen LogP contribution in [0.25, 0.3) is 10.9 Å². The topological polar surface area (TPSA) is 28.5 Å². The van der Waals surface area contributed by atoms with Crippen molar-refractivity contribution in [3.05, 3.63) is 143 Å². The van der Waals surface area contributed by atoms with E-state index in [4.69, 9.17) is 0 Å². The van der Waals surface area contributed by atoms with E-state index in [0.29, 0.717) is 6.42 Å². The van der Waals surface area contributed by atoms with Gasteiger partial charge in [-0.25, -0.2) is 0 Å². The third-order valence-corrected chi connectivity index (χ3v) is 8.42. The zero-order valence-electron chi connectivity index (χ0n) is 23.4. The molecule has 4 heteroatoms. The molecule has 1 unspecified atom stereocenters. The Kier molecular flexibility index (Phi) is 7.52. The molecule has 6 rings (SSSR count). The van der Waals surface area contributed by atoms with Gasteiger partial charge in [0.15, 0.2) is 0 Å². The third-order valence-electron chi connectivity index (χ3n) is 8.42. The van der Waals surface area contributed by atoms with Crippen LogP contribution < -0.4 is 0 Å². The molecule has 202 valence electrons. The number of hydrogen-bond donors (Lipinski definition) is 0. The van der Waals surface area contributed by atoms with Crippen molar-refractivity contribution in [2.45, 2.75) is 25.3 Å². The Hall–Kier alpha value is -4.15. The highest BCUT2D eigenvalue weighted by Crippen LogP contribution is 2.36. The Balaban J connectivity index is 1.23. The molecule has 0 aliphatic carbocycles. The maximum atomic E-state index is 13.9. The molecule has 2 heterocycles. The lowest BCUT2D eigenvalue weighted by Crippen LogP contribution is -2.50. The van der Waals surface area contributed by atoms with Crippen molar-refractivity contribution >= 4 is 16.8 Å². The number of carbonyl (C=O) groups is 1. The summed E-state index contributed by atoms with van der Waals surface area (Å²) in [7, 11) is 2.09. The van der Waals surface area contributed by atoms with Crippen molar-refractivity contribution in [3.63, 3.8) is 0 Å². The quantitative estimate of drug-likeness (QED) is 0.229. The van der Waals surface area contributed by atoms with E-state index < -0.39 is 0 Å². The summed E-state index contributed by atoms with van der Waals surface area (Å²) in [5.41, 5.74) is 7.44. The Bertz CT molecular complexity index is 1530. The Morgan fingerprint density at radius 2 is 1.27 bits per heavy atom. The Labute approximate surface area is 237 Å². The molecule has 0 radical (unpaired) electrons. The highest BCUT2D eigenvalue weighted by Gasteiger charge is 2.30. The fourth-order valence-corrected chi connectivity index (χ4v) is 6.27. The lowest BCUT2D eigenvalue weighted by Gasteiger charge is -2.40. The first kappa shape index (κ1) is 26.1. The number of amides is 1. The average molecular weight is 528 g/mol. The van der Waals surface area contributed by atoms with Crippen molar-refractivity contribution < 1.29 is 4.79 Å². The predicted molar refractivity (Wildman–Crippen MR) is 163 cm³/mol. The number of para-hydroxylation sites is 1. The summed E-state index contributed by atoms with van der Waals surface area (Å²) in [6.45, 7) is 5.29. The molecule has 1 amide bonds. The molecule has 0 spiro atoms. The van der Waals surface area contributed by atoms with Crippen LogP contribution in [-0.2, 0) is 11.8 Å². The van der Waals surface area contributed by atoms with E-state index in [-0.39, 0.29) is 17.9 Å². The van der Waals surface area contributed by atoms with Gasteiger partial charge >= 0.3 is 0 Å². The first-order valence-corrected chi connectivity index (χ1v) is 14.3. The molecule has 4 aromatic carbocycles. The second kappa shape index (κ2) is 11.5. The maximum absolute atomic E-state index is 13.9. The van der Waals surface area contributed by atoms with Crippen LogP contribution >= 0.6 is 0 Å². The molecule has 1 aliphatic rings. The lowest BCUT2D eigenvalue weighted by molar-refractivity contribution is -0.133. The number of carbonyl (C=O) groups excluding carboxylic acids is 1.